The predicted octanol–water partition coefficient (Wildman–Crippen LogP) is 3.48. The first-order valence-corrected chi connectivity index (χ1v) is 10.4. The fraction of sp³-hybridized carbons (Fsp3) is 0.636. The first kappa shape index (κ1) is 16.8. The summed E-state index contributed by atoms with van der Waals surface area (Å²) in [6.07, 6.45) is 7.81. The van der Waals surface area contributed by atoms with Gasteiger partial charge in [0.25, 0.3) is 0 Å². The van der Waals surface area contributed by atoms with Crippen molar-refractivity contribution in [3.63, 3.8) is 0 Å². The largest absolute Gasteiger partial charge is 0.377 e. The van der Waals surface area contributed by atoms with Crippen LogP contribution in [0.5, 0.6) is 0 Å². The zero-order valence-electron chi connectivity index (χ0n) is 15.9. The van der Waals surface area contributed by atoms with Crippen LogP contribution in [0.1, 0.15) is 48.9 Å². The third-order valence-electron chi connectivity index (χ3n) is 6.82. The van der Waals surface area contributed by atoms with E-state index in [1.807, 2.05) is 0 Å². The number of H-pyrrole nitrogens is 1. The fourth-order valence-electron chi connectivity index (χ4n) is 5.33. The summed E-state index contributed by atoms with van der Waals surface area (Å²) in [5.74, 6) is 0. The molecule has 1 aromatic carbocycles. The van der Waals surface area contributed by atoms with E-state index in [9.17, 15) is 0 Å². The van der Waals surface area contributed by atoms with Crippen LogP contribution in [0.25, 0.3) is 10.9 Å². The highest BCUT2D eigenvalue weighted by Crippen LogP contribution is 2.40. The van der Waals surface area contributed by atoms with Gasteiger partial charge in [-0.3, -0.25) is 0 Å². The first-order chi connectivity index (χ1) is 12.7. The molecule has 2 N–H and O–H groups in total. The van der Waals surface area contributed by atoms with Crippen LogP contribution in [0.15, 0.2) is 18.2 Å². The summed E-state index contributed by atoms with van der Waals surface area (Å²) < 4.78 is 5.96. The minimum atomic E-state index is 0.143. The van der Waals surface area contributed by atoms with E-state index in [-0.39, 0.29) is 5.54 Å². The summed E-state index contributed by atoms with van der Waals surface area (Å²) in [7, 11) is 0. The zero-order chi connectivity index (χ0) is 17.6. The van der Waals surface area contributed by atoms with Gasteiger partial charge in [-0.2, -0.15) is 0 Å². The highest BCUT2D eigenvalue weighted by atomic mass is 16.5. The molecule has 4 heterocycles. The Morgan fingerprint density at radius 3 is 2.92 bits per heavy atom. The number of piperidine rings is 1. The number of fused-ring (bicyclic) bond motifs is 4. The Hall–Kier alpha value is -1.36. The van der Waals surface area contributed by atoms with Gasteiger partial charge >= 0.3 is 0 Å². The lowest BCUT2D eigenvalue weighted by Crippen LogP contribution is -2.55. The number of aromatic nitrogens is 1. The number of likely N-dealkylation sites (tertiary alicyclic amines) is 1. The van der Waals surface area contributed by atoms with Gasteiger partial charge in [-0.25, -0.2) is 0 Å². The van der Waals surface area contributed by atoms with Gasteiger partial charge in [0.05, 0.1) is 11.6 Å². The van der Waals surface area contributed by atoms with E-state index in [1.165, 1.54) is 67.4 Å². The van der Waals surface area contributed by atoms with Gasteiger partial charge in [-0.1, -0.05) is 11.6 Å². The highest BCUT2D eigenvalue weighted by Gasteiger charge is 2.41. The number of aryl methyl sites for hydroxylation is 1. The quantitative estimate of drug-likeness (QED) is 0.868. The fourth-order valence-corrected chi connectivity index (χ4v) is 5.33. The van der Waals surface area contributed by atoms with Gasteiger partial charge in [0.1, 0.15) is 0 Å². The molecule has 0 amide bonds. The summed E-state index contributed by atoms with van der Waals surface area (Å²) in [4.78, 5) is 6.42. The maximum atomic E-state index is 5.96. The number of hydrogen-bond donors (Lipinski definition) is 2. The molecule has 4 nitrogen and oxygen atoms in total. The molecule has 3 aliphatic heterocycles. The van der Waals surface area contributed by atoms with E-state index in [0.717, 1.165) is 26.1 Å². The van der Waals surface area contributed by atoms with E-state index >= 15 is 0 Å². The Bertz CT molecular complexity index is 782. The van der Waals surface area contributed by atoms with Crippen LogP contribution < -0.4 is 5.32 Å². The van der Waals surface area contributed by atoms with E-state index in [0.29, 0.717) is 6.10 Å². The topological polar surface area (TPSA) is 40.3 Å². The molecule has 2 fully saturated rings. The van der Waals surface area contributed by atoms with E-state index in [4.69, 9.17) is 4.74 Å². The predicted molar refractivity (Wildman–Crippen MR) is 106 cm³/mol. The molecule has 0 aliphatic carbocycles. The molecule has 2 saturated heterocycles. The van der Waals surface area contributed by atoms with Crippen LogP contribution in [0.2, 0.25) is 0 Å². The zero-order valence-corrected chi connectivity index (χ0v) is 15.9. The average molecular weight is 354 g/mol. The summed E-state index contributed by atoms with van der Waals surface area (Å²) in [6.45, 7) is 7.71. The second kappa shape index (κ2) is 6.66. The molecule has 0 radical (unpaired) electrons. The molecule has 1 aromatic heterocycles. The van der Waals surface area contributed by atoms with Crippen molar-refractivity contribution >= 4 is 10.9 Å². The average Bonchev–Trinajstić information content (AvgIpc) is 3.04. The van der Waals surface area contributed by atoms with Gasteiger partial charge in [0, 0.05) is 49.4 Å². The number of aromatic amines is 1. The maximum absolute atomic E-state index is 5.96. The Balaban J connectivity index is 1.36. The lowest BCUT2D eigenvalue weighted by Gasteiger charge is -2.45. The molecule has 0 saturated carbocycles. The molecular formula is C22H31N3O. The van der Waals surface area contributed by atoms with Gasteiger partial charge < -0.3 is 19.9 Å². The third kappa shape index (κ3) is 2.88. The van der Waals surface area contributed by atoms with E-state index in [2.05, 4.69) is 40.3 Å². The number of nitrogens with zero attached hydrogens (tertiary/aromatic N) is 1. The van der Waals surface area contributed by atoms with Crippen molar-refractivity contribution < 1.29 is 4.74 Å². The molecule has 5 rings (SSSR count). The van der Waals surface area contributed by atoms with Crippen LogP contribution in [0.3, 0.4) is 0 Å². The molecule has 2 aromatic rings. The lowest BCUT2D eigenvalue weighted by molar-refractivity contribution is -0.0149. The summed E-state index contributed by atoms with van der Waals surface area (Å²) >= 11 is 0. The third-order valence-corrected chi connectivity index (χ3v) is 6.82. The molecule has 1 unspecified atom stereocenters. The number of nitrogens with one attached hydrogen (secondary N) is 2. The van der Waals surface area contributed by atoms with Crippen LogP contribution in [-0.4, -0.2) is 48.8 Å². The molecule has 26 heavy (non-hydrogen) atoms. The van der Waals surface area contributed by atoms with Crippen molar-refractivity contribution in [2.24, 2.45) is 0 Å². The minimum absolute atomic E-state index is 0.143. The lowest BCUT2D eigenvalue weighted by atomic mass is 9.79. The number of ether oxygens (including phenoxy) is 1. The molecule has 1 atom stereocenters. The van der Waals surface area contributed by atoms with Crippen molar-refractivity contribution in [1.29, 1.82) is 0 Å². The van der Waals surface area contributed by atoms with Crippen LogP contribution in [-0.2, 0) is 16.7 Å². The molecule has 0 bridgehead atoms. The Labute approximate surface area is 156 Å². The smallest absolute Gasteiger partial charge is 0.0702 e. The first-order valence-electron chi connectivity index (χ1n) is 10.4. The summed E-state index contributed by atoms with van der Waals surface area (Å²) in [6, 6.07) is 6.84. The van der Waals surface area contributed by atoms with E-state index in [1.54, 1.807) is 5.56 Å². The Kier molecular flexibility index (Phi) is 4.30. The monoisotopic (exact) mass is 353 g/mol. The van der Waals surface area contributed by atoms with Crippen molar-refractivity contribution in [2.45, 2.75) is 57.1 Å². The molecular weight excluding hydrogens is 322 g/mol. The van der Waals surface area contributed by atoms with E-state index < -0.39 is 0 Å². The second-order valence-electron chi connectivity index (χ2n) is 8.58. The van der Waals surface area contributed by atoms with Crippen molar-refractivity contribution in [1.82, 2.24) is 15.2 Å². The van der Waals surface area contributed by atoms with Crippen molar-refractivity contribution in [3.8, 4) is 0 Å². The SMILES string of the molecule is Cc1ccc2[nH]c3c(c2c1)CCNC31CCN(CC2CCCCO2)CC1. The molecule has 3 aliphatic rings. The Morgan fingerprint density at radius 1 is 1.23 bits per heavy atom. The van der Waals surface area contributed by atoms with Gasteiger partial charge in [0.2, 0.25) is 0 Å². The van der Waals surface area contributed by atoms with Crippen molar-refractivity contribution in [2.75, 3.05) is 32.8 Å². The van der Waals surface area contributed by atoms with Crippen molar-refractivity contribution in [3.05, 3.63) is 35.0 Å². The van der Waals surface area contributed by atoms with Crippen LogP contribution in [0, 0.1) is 6.92 Å². The molecule has 140 valence electrons. The summed E-state index contributed by atoms with van der Waals surface area (Å²) in [5.41, 5.74) is 5.84. The Morgan fingerprint density at radius 2 is 2.12 bits per heavy atom. The van der Waals surface area contributed by atoms with Gasteiger partial charge in [-0.05, 0) is 63.1 Å². The normalized spacial score (nSPS) is 26.3. The second-order valence-corrected chi connectivity index (χ2v) is 8.58. The maximum Gasteiger partial charge on any atom is 0.0702 e. The number of hydrogen-bond acceptors (Lipinski definition) is 3. The van der Waals surface area contributed by atoms with Crippen LogP contribution >= 0.6 is 0 Å². The minimum Gasteiger partial charge on any atom is -0.377 e. The summed E-state index contributed by atoms with van der Waals surface area (Å²) in [5, 5.41) is 5.34. The van der Waals surface area contributed by atoms with Crippen LogP contribution in [0.4, 0.5) is 0 Å². The van der Waals surface area contributed by atoms with Gasteiger partial charge in [0.15, 0.2) is 0 Å². The van der Waals surface area contributed by atoms with Gasteiger partial charge in [-0.15, -0.1) is 0 Å². The molecule has 4 heteroatoms. The number of benzene rings is 1. The number of rotatable bonds is 2. The molecule has 1 spiro atoms. The standard InChI is InChI=1S/C22H31N3O/c1-16-5-6-20-19(14-16)18-7-10-23-22(21(18)24-20)8-11-25(12-9-22)15-17-4-2-3-13-26-17/h5-6,14,17,23-24H,2-4,7-13,15H2,1H3. The highest BCUT2D eigenvalue weighted by molar-refractivity contribution is 5.86.